The van der Waals surface area contributed by atoms with E-state index in [1.54, 1.807) is 32.3 Å². The second-order valence-corrected chi connectivity index (χ2v) is 7.96. The zero-order chi connectivity index (χ0) is 19.6. The summed E-state index contributed by atoms with van der Waals surface area (Å²) in [5, 5.41) is 0. The Balaban J connectivity index is 1.67. The Labute approximate surface area is 159 Å². The van der Waals surface area contributed by atoms with Gasteiger partial charge in [-0.3, -0.25) is 4.79 Å². The Morgan fingerprint density at radius 3 is 2.37 bits per heavy atom. The Hall–Kier alpha value is -2.22. The molecule has 2 aliphatic rings. The summed E-state index contributed by atoms with van der Waals surface area (Å²) in [6, 6.07) is 1.78. The largest absolute Gasteiger partial charge is 0.432 e. The lowest BCUT2D eigenvalue weighted by atomic mass is 9.90. The number of anilines is 1. The maximum Gasteiger partial charge on any atom is 0.338 e. The number of carbonyl (C=O) groups is 2. The summed E-state index contributed by atoms with van der Waals surface area (Å²) in [6.45, 7) is 9.92. The molecule has 0 unspecified atom stereocenters. The van der Waals surface area contributed by atoms with E-state index in [4.69, 9.17) is 9.47 Å². The van der Waals surface area contributed by atoms with E-state index in [1.165, 1.54) is 0 Å². The van der Waals surface area contributed by atoms with Crippen LogP contribution in [0.4, 0.5) is 5.95 Å². The lowest BCUT2D eigenvalue weighted by Crippen LogP contribution is -2.53. The zero-order valence-electron chi connectivity index (χ0n) is 16.4. The zero-order valence-corrected chi connectivity index (χ0v) is 16.4. The Morgan fingerprint density at radius 1 is 1.22 bits per heavy atom. The van der Waals surface area contributed by atoms with Gasteiger partial charge < -0.3 is 19.3 Å². The summed E-state index contributed by atoms with van der Waals surface area (Å²) in [6.07, 6.45) is 3.16. The molecule has 2 saturated heterocycles. The molecule has 2 fully saturated rings. The average molecular weight is 376 g/mol. The summed E-state index contributed by atoms with van der Waals surface area (Å²) in [5.41, 5.74) is 0. The Bertz CT molecular complexity index is 672. The van der Waals surface area contributed by atoms with Crippen LogP contribution in [0.25, 0.3) is 0 Å². The number of cyclic esters (lactones) is 1. The second-order valence-electron chi connectivity index (χ2n) is 7.96. The van der Waals surface area contributed by atoms with Gasteiger partial charge in [0.25, 0.3) is 0 Å². The highest BCUT2D eigenvalue weighted by Crippen LogP contribution is 2.32. The third kappa shape index (κ3) is 4.55. The molecule has 3 rings (SSSR count). The molecule has 1 aromatic rings. The first-order valence-corrected chi connectivity index (χ1v) is 9.48. The van der Waals surface area contributed by atoms with E-state index in [1.807, 2.05) is 18.7 Å². The van der Waals surface area contributed by atoms with Crippen molar-refractivity contribution in [1.29, 1.82) is 0 Å². The quantitative estimate of drug-likeness (QED) is 0.719. The number of amides is 1. The first-order chi connectivity index (χ1) is 12.8. The average Bonchev–Trinajstić information content (AvgIpc) is 2.92. The molecule has 0 aromatic carbocycles. The van der Waals surface area contributed by atoms with Crippen LogP contribution in [0.1, 0.15) is 34.1 Å². The number of carbonyl (C=O) groups excluding carboxylic acids is 2. The normalized spacial score (nSPS) is 23.4. The van der Waals surface area contributed by atoms with Crippen LogP contribution in [0, 0.1) is 11.8 Å². The molecule has 1 amide bonds. The molecule has 2 aliphatic heterocycles. The van der Waals surface area contributed by atoms with Gasteiger partial charge in [-0.2, -0.15) is 0 Å². The fourth-order valence-corrected chi connectivity index (χ4v) is 3.60. The van der Waals surface area contributed by atoms with Crippen molar-refractivity contribution < 1.29 is 19.1 Å². The van der Waals surface area contributed by atoms with Crippen LogP contribution in [-0.2, 0) is 19.1 Å². The number of aromatic nitrogens is 2. The summed E-state index contributed by atoms with van der Waals surface area (Å²) in [5.74, 6) is -1.07. The maximum absolute atomic E-state index is 13.2. The number of hydrogen-bond donors (Lipinski definition) is 0. The van der Waals surface area contributed by atoms with Crippen molar-refractivity contribution in [1.82, 2.24) is 14.9 Å². The lowest BCUT2D eigenvalue weighted by Gasteiger charge is -2.37. The molecule has 0 spiro atoms. The molecule has 3 heterocycles. The van der Waals surface area contributed by atoms with Gasteiger partial charge in [0.15, 0.2) is 6.10 Å². The number of rotatable bonds is 5. The number of nitrogens with zero attached hydrogens (tertiary/aromatic N) is 4. The van der Waals surface area contributed by atoms with E-state index < -0.39 is 23.8 Å². The molecule has 148 valence electrons. The van der Waals surface area contributed by atoms with Gasteiger partial charge in [-0.15, -0.1) is 0 Å². The van der Waals surface area contributed by atoms with E-state index >= 15 is 0 Å². The fraction of sp³-hybridized carbons (Fsp3) is 0.684. The number of esters is 1. The molecule has 2 atom stereocenters. The summed E-state index contributed by atoms with van der Waals surface area (Å²) >= 11 is 0. The monoisotopic (exact) mass is 376 g/mol. The predicted molar refractivity (Wildman–Crippen MR) is 98.8 cm³/mol. The van der Waals surface area contributed by atoms with E-state index in [9.17, 15) is 9.59 Å². The molecule has 1 aromatic heterocycles. The van der Waals surface area contributed by atoms with Gasteiger partial charge in [0.2, 0.25) is 17.6 Å². The first-order valence-electron chi connectivity index (χ1n) is 9.48. The third-order valence-corrected chi connectivity index (χ3v) is 4.82. The van der Waals surface area contributed by atoms with Gasteiger partial charge in [0.1, 0.15) is 0 Å². The standard InChI is InChI=1S/C19H28N4O4/c1-13(2)12-14(15-17(25)27-19(3,4)26-15)16(24)22-8-10-23(11-9-22)18-20-6-5-7-21-18/h5-7,13-15H,8-12H2,1-4H3/t14-,15+/m0/s1. The van der Waals surface area contributed by atoms with Crippen LogP contribution >= 0.6 is 0 Å². The van der Waals surface area contributed by atoms with Crippen LogP contribution in [0.3, 0.4) is 0 Å². The summed E-state index contributed by atoms with van der Waals surface area (Å²) < 4.78 is 11.1. The van der Waals surface area contributed by atoms with Gasteiger partial charge in [-0.1, -0.05) is 13.8 Å². The van der Waals surface area contributed by atoms with E-state index in [0.717, 1.165) is 0 Å². The fourth-order valence-electron chi connectivity index (χ4n) is 3.60. The lowest BCUT2D eigenvalue weighted by molar-refractivity contribution is -0.163. The summed E-state index contributed by atoms with van der Waals surface area (Å²) in [7, 11) is 0. The molecule has 0 aliphatic carbocycles. The SMILES string of the molecule is CC(C)C[C@H](C(=O)N1CCN(c2ncccn2)CC1)[C@H]1OC(C)(C)OC1=O. The minimum atomic E-state index is -0.986. The first kappa shape index (κ1) is 19.5. The molecule has 0 bridgehead atoms. The second kappa shape index (κ2) is 7.80. The van der Waals surface area contributed by atoms with Crippen molar-refractivity contribution in [3.05, 3.63) is 18.5 Å². The van der Waals surface area contributed by atoms with Gasteiger partial charge in [0, 0.05) is 52.4 Å². The van der Waals surface area contributed by atoms with Crippen molar-refractivity contribution in [3.63, 3.8) is 0 Å². The Kier molecular flexibility index (Phi) is 5.64. The third-order valence-electron chi connectivity index (χ3n) is 4.82. The van der Waals surface area contributed by atoms with Gasteiger partial charge >= 0.3 is 5.97 Å². The van der Waals surface area contributed by atoms with Gasteiger partial charge in [-0.25, -0.2) is 14.8 Å². The minimum Gasteiger partial charge on any atom is -0.432 e. The maximum atomic E-state index is 13.2. The van der Waals surface area contributed by atoms with Crippen LogP contribution in [0.15, 0.2) is 18.5 Å². The predicted octanol–water partition coefficient (Wildman–Crippen LogP) is 1.47. The molecule has 27 heavy (non-hydrogen) atoms. The summed E-state index contributed by atoms with van der Waals surface area (Å²) in [4.78, 5) is 37.9. The highest BCUT2D eigenvalue weighted by Gasteiger charge is 2.48. The van der Waals surface area contributed by atoms with Gasteiger partial charge in [-0.05, 0) is 18.4 Å². The van der Waals surface area contributed by atoms with Crippen LogP contribution in [-0.4, -0.2) is 64.8 Å². The molecular weight excluding hydrogens is 348 g/mol. The van der Waals surface area contributed by atoms with Crippen molar-refractivity contribution in [3.8, 4) is 0 Å². The van der Waals surface area contributed by atoms with Crippen LogP contribution in [0.5, 0.6) is 0 Å². The highest BCUT2D eigenvalue weighted by molar-refractivity contribution is 5.88. The van der Waals surface area contributed by atoms with Crippen molar-refractivity contribution in [2.24, 2.45) is 11.8 Å². The molecule has 8 nitrogen and oxygen atoms in total. The molecular formula is C19H28N4O4. The van der Waals surface area contributed by atoms with Crippen molar-refractivity contribution >= 4 is 17.8 Å². The number of ether oxygens (including phenoxy) is 2. The van der Waals surface area contributed by atoms with Crippen LogP contribution < -0.4 is 4.90 Å². The van der Waals surface area contributed by atoms with E-state index in [2.05, 4.69) is 14.9 Å². The highest BCUT2D eigenvalue weighted by atomic mass is 16.8. The van der Waals surface area contributed by atoms with Crippen molar-refractivity contribution in [2.75, 3.05) is 31.1 Å². The van der Waals surface area contributed by atoms with E-state index in [0.29, 0.717) is 38.5 Å². The molecule has 8 heteroatoms. The van der Waals surface area contributed by atoms with E-state index in [-0.39, 0.29) is 11.8 Å². The van der Waals surface area contributed by atoms with Gasteiger partial charge in [0.05, 0.1) is 5.92 Å². The number of hydrogen-bond acceptors (Lipinski definition) is 7. The topological polar surface area (TPSA) is 84.9 Å². The Morgan fingerprint density at radius 2 is 1.85 bits per heavy atom. The molecule has 0 N–H and O–H groups in total. The molecule has 0 radical (unpaired) electrons. The smallest absolute Gasteiger partial charge is 0.338 e. The minimum absolute atomic E-state index is 0.0445. The van der Waals surface area contributed by atoms with Crippen molar-refractivity contribution in [2.45, 2.75) is 46.0 Å². The molecule has 0 saturated carbocycles. The number of piperazine rings is 1. The van der Waals surface area contributed by atoms with Crippen LogP contribution in [0.2, 0.25) is 0 Å².